The van der Waals surface area contributed by atoms with Crippen LogP contribution in [0.5, 0.6) is 0 Å². The number of carbonyl (C=O) groups is 2. The predicted molar refractivity (Wildman–Crippen MR) is 56.2 cm³/mol. The van der Waals surface area contributed by atoms with Crippen LogP contribution in [-0.4, -0.2) is 36.5 Å². The summed E-state index contributed by atoms with van der Waals surface area (Å²) in [4.78, 5) is 24.9. The Morgan fingerprint density at radius 3 is 2.67 bits per heavy atom. The molecule has 1 aliphatic rings. The van der Waals surface area contributed by atoms with Crippen molar-refractivity contribution in [2.75, 3.05) is 13.7 Å². The van der Waals surface area contributed by atoms with Crippen molar-refractivity contribution in [3.63, 3.8) is 0 Å². The van der Waals surface area contributed by atoms with Crippen LogP contribution in [0.3, 0.4) is 0 Å². The van der Waals surface area contributed by atoms with Crippen LogP contribution >= 0.6 is 0 Å². The summed E-state index contributed by atoms with van der Waals surface area (Å²) in [5.41, 5.74) is 0. The Labute approximate surface area is 90.6 Å². The summed E-state index contributed by atoms with van der Waals surface area (Å²) in [6.07, 6.45) is 2.06. The summed E-state index contributed by atoms with van der Waals surface area (Å²) < 4.78 is 4.71. The van der Waals surface area contributed by atoms with Gasteiger partial charge in [0.2, 0.25) is 5.91 Å². The third-order valence-corrected chi connectivity index (χ3v) is 2.77. The van der Waals surface area contributed by atoms with Gasteiger partial charge in [-0.2, -0.15) is 0 Å². The van der Waals surface area contributed by atoms with Gasteiger partial charge in [-0.3, -0.25) is 4.79 Å². The SMILES string of the molecule is CCCC(=O)N1CC(C)CC1C(=O)OC. The van der Waals surface area contributed by atoms with E-state index in [4.69, 9.17) is 4.74 Å². The fourth-order valence-electron chi connectivity index (χ4n) is 2.04. The summed E-state index contributed by atoms with van der Waals surface area (Å²) in [5, 5.41) is 0. The number of likely N-dealkylation sites (tertiary alicyclic amines) is 1. The van der Waals surface area contributed by atoms with E-state index in [1.807, 2.05) is 6.92 Å². The van der Waals surface area contributed by atoms with Crippen LogP contribution in [0, 0.1) is 5.92 Å². The molecule has 1 saturated heterocycles. The summed E-state index contributed by atoms with van der Waals surface area (Å²) in [5.74, 6) is 0.163. The average Bonchev–Trinajstić information content (AvgIpc) is 2.59. The first kappa shape index (κ1) is 12.0. The van der Waals surface area contributed by atoms with Gasteiger partial charge in [0, 0.05) is 13.0 Å². The second kappa shape index (κ2) is 5.14. The third-order valence-electron chi connectivity index (χ3n) is 2.77. The van der Waals surface area contributed by atoms with Crippen LogP contribution in [-0.2, 0) is 14.3 Å². The van der Waals surface area contributed by atoms with E-state index in [0.29, 0.717) is 18.9 Å². The van der Waals surface area contributed by atoms with Gasteiger partial charge in [0.25, 0.3) is 0 Å². The highest BCUT2D eigenvalue weighted by Crippen LogP contribution is 2.24. The molecule has 4 heteroatoms. The van der Waals surface area contributed by atoms with Crippen LogP contribution < -0.4 is 0 Å². The maximum absolute atomic E-state index is 11.7. The molecule has 0 spiro atoms. The lowest BCUT2D eigenvalue weighted by Gasteiger charge is -2.22. The molecule has 15 heavy (non-hydrogen) atoms. The summed E-state index contributed by atoms with van der Waals surface area (Å²) >= 11 is 0. The molecule has 2 atom stereocenters. The number of esters is 1. The molecule has 1 amide bonds. The second-order valence-electron chi connectivity index (χ2n) is 4.18. The van der Waals surface area contributed by atoms with Gasteiger partial charge in [-0.15, -0.1) is 0 Å². The highest BCUT2D eigenvalue weighted by molar-refractivity contribution is 5.85. The monoisotopic (exact) mass is 213 g/mol. The topological polar surface area (TPSA) is 46.6 Å². The van der Waals surface area contributed by atoms with Crippen molar-refractivity contribution >= 4 is 11.9 Å². The van der Waals surface area contributed by atoms with E-state index < -0.39 is 0 Å². The third kappa shape index (κ3) is 2.70. The summed E-state index contributed by atoms with van der Waals surface area (Å²) in [6.45, 7) is 4.69. The molecule has 1 rings (SSSR count). The lowest BCUT2D eigenvalue weighted by atomic mass is 10.1. The number of rotatable bonds is 3. The largest absolute Gasteiger partial charge is 0.467 e. The standard InChI is InChI=1S/C11H19NO3/c1-4-5-10(13)12-7-8(2)6-9(12)11(14)15-3/h8-9H,4-7H2,1-3H3. The van der Waals surface area contributed by atoms with Crippen molar-refractivity contribution in [2.45, 2.75) is 39.2 Å². The van der Waals surface area contributed by atoms with Crippen molar-refractivity contribution in [1.82, 2.24) is 4.90 Å². The maximum Gasteiger partial charge on any atom is 0.328 e. The van der Waals surface area contributed by atoms with Gasteiger partial charge >= 0.3 is 5.97 Å². The van der Waals surface area contributed by atoms with Gasteiger partial charge in [-0.1, -0.05) is 13.8 Å². The second-order valence-corrected chi connectivity index (χ2v) is 4.18. The van der Waals surface area contributed by atoms with Crippen molar-refractivity contribution in [1.29, 1.82) is 0 Å². The molecule has 0 aromatic heterocycles. The molecule has 1 heterocycles. The fraction of sp³-hybridized carbons (Fsp3) is 0.818. The molecule has 1 fully saturated rings. The Morgan fingerprint density at radius 1 is 1.47 bits per heavy atom. The van der Waals surface area contributed by atoms with E-state index in [0.717, 1.165) is 12.8 Å². The molecule has 86 valence electrons. The van der Waals surface area contributed by atoms with Crippen molar-refractivity contribution in [3.05, 3.63) is 0 Å². The Balaban J connectivity index is 2.68. The van der Waals surface area contributed by atoms with Crippen molar-refractivity contribution in [3.8, 4) is 0 Å². The number of hydrogen-bond donors (Lipinski definition) is 0. The van der Waals surface area contributed by atoms with Gasteiger partial charge in [0.15, 0.2) is 0 Å². The molecular weight excluding hydrogens is 194 g/mol. The smallest absolute Gasteiger partial charge is 0.328 e. The average molecular weight is 213 g/mol. The van der Waals surface area contributed by atoms with Gasteiger partial charge < -0.3 is 9.64 Å². The first-order valence-corrected chi connectivity index (χ1v) is 5.47. The predicted octanol–water partition coefficient (Wildman–Crippen LogP) is 1.20. The minimum Gasteiger partial charge on any atom is -0.467 e. The molecule has 0 bridgehead atoms. The Morgan fingerprint density at radius 2 is 2.13 bits per heavy atom. The van der Waals surface area contributed by atoms with Crippen molar-refractivity contribution in [2.24, 2.45) is 5.92 Å². The highest BCUT2D eigenvalue weighted by atomic mass is 16.5. The molecule has 1 aliphatic heterocycles. The maximum atomic E-state index is 11.7. The van der Waals surface area contributed by atoms with E-state index >= 15 is 0 Å². The zero-order chi connectivity index (χ0) is 11.4. The Bertz CT molecular complexity index is 252. The van der Waals surface area contributed by atoms with Crippen molar-refractivity contribution < 1.29 is 14.3 Å². The molecule has 0 radical (unpaired) electrons. The number of nitrogens with zero attached hydrogens (tertiary/aromatic N) is 1. The summed E-state index contributed by atoms with van der Waals surface area (Å²) in [6, 6.07) is -0.357. The van der Waals surface area contributed by atoms with Gasteiger partial charge in [0.1, 0.15) is 6.04 Å². The molecule has 0 aliphatic carbocycles. The molecule has 0 aromatic carbocycles. The van der Waals surface area contributed by atoms with Crippen LogP contribution in [0.15, 0.2) is 0 Å². The van der Waals surface area contributed by atoms with Crippen LogP contribution in [0.1, 0.15) is 33.1 Å². The van der Waals surface area contributed by atoms with Crippen LogP contribution in [0.25, 0.3) is 0 Å². The van der Waals surface area contributed by atoms with E-state index in [9.17, 15) is 9.59 Å². The number of ether oxygens (including phenoxy) is 1. The first-order valence-electron chi connectivity index (χ1n) is 5.47. The zero-order valence-electron chi connectivity index (χ0n) is 9.66. The Hall–Kier alpha value is -1.06. The minimum atomic E-state index is -0.357. The van der Waals surface area contributed by atoms with Crippen LogP contribution in [0.4, 0.5) is 0 Å². The van der Waals surface area contributed by atoms with Crippen LogP contribution in [0.2, 0.25) is 0 Å². The fourth-order valence-corrected chi connectivity index (χ4v) is 2.04. The van der Waals surface area contributed by atoms with E-state index in [-0.39, 0.29) is 17.9 Å². The zero-order valence-corrected chi connectivity index (χ0v) is 9.66. The number of amides is 1. The number of hydrogen-bond acceptors (Lipinski definition) is 3. The summed E-state index contributed by atoms with van der Waals surface area (Å²) in [7, 11) is 1.37. The molecule has 0 saturated carbocycles. The molecule has 2 unspecified atom stereocenters. The molecular formula is C11H19NO3. The van der Waals surface area contributed by atoms with E-state index in [1.165, 1.54) is 7.11 Å². The molecule has 4 nitrogen and oxygen atoms in total. The quantitative estimate of drug-likeness (QED) is 0.662. The number of methoxy groups -OCH3 is 1. The highest BCUT2D eigenvalue weighted by Gasteiger charge is 2.37. The van der Waals surface area contributed by atoms with Gasteiger partial charge in [-0.05, 0) is 18.8 Å². The lowest BCUT2D eigenvalue weighted by molar-refractivity contribution is -0.150. The minimum absolute atomic E-state index is 0.0669. The van der Waals surface area contributed by atoms with Gasteiger partial charge in [-0.25, -0.2) is 4.79 Å². The molecule has 0 aromatic rings. The Kier molecular flexibility index (Phi) is 4.12. The number of carbonyl (C=O) groups excluding carboxylic acids is 2. The first-order chi connectivity index (χ1) is 7.10. The normalized spacial score (nSPS) is 25.4. The lowest BCUT2D eigenvalue weighted by Crippen LogP contribution is -2.40. The van der Waals surface area contributed by atoms with E-state index in [2.05, 4.69) is 6.92 Å². The van der Waals surface area contributed by atoms with Gasteiger partial charge in [0.05, 0.1) is 7.11 Å². The molecule has 0 N–H and O–H groups in total. The van der Waals surface area contributed by atoms with E-state index in [1.54, 1.807) is 4.90 Å².